The summed E-state index contributed by atoms with van der Waals surface area (Å²) in [6.45, 7) is 2.82. The van der Waals surface area contributed by atoms with Gasteiger partial charge in [0.05, 0.1) is 0 Å². The van der Waals surface area contributed by atoms with Crippen LogP contribution in [0.15, 0.2) is 30.3 Å². The molecule has 19 heavy (non-hydrogen) atoms. The highest BCUT2D eigenvalue weighted by molar-refractivity contribution is 5.73. The molecule has 0 saturated carbocycles. The molecule has 1 aliphatic rings. The highest BCUT2D eigenvalue weighted by atomic mass is 16.4. The third-order valence-corrected chi connectivity index (χ3v) is 3.59. The molecule has 4 nitrogen and oxygen atoms in total. The Balaban J connectivity index is 1.84. The summed E-state index contributed by atoms with van der Waals surface area (Å²) in [4.78, 5) is 13.6. The zero-order chi connectivity index (χ0) is 13.5. The summed E-state index contributed by atoms with van der Waals surface area (Å²) in [5, 5.41) is 12.4. The lowest BCUT2D eigenvalue weighted by Crippen LogP contribution is -2.46. The molecule has 1 heterocycles. The van der Waals surface area contributed by atoms with Gasteiger partial charge in [-0.15, -0.1) is 0 Å². The fourth-order valence-corrected chi connectivity index (χ4v) is 2.45. The van der Waals surface area contributed by atoms with Crippen molar-refractivity contribution in [2.24, 2.45) is 0 Å². The highest BCUT2D eigenvalue weighted by Crippen LogP contribution is 2.08. The van der Waals surface area contributed by atoms with Gasteiger partial charge in [-0.3, -0.25) is 15.0 Å². The molecule has 1 aromatic carbocycles. The number of nitrogens with one attached hydrogen (secondary N) is 1. The van der Waals surface area contributed by atoms with Crippen LogP contribution in [0.25, 0.3) is 0 Å². The maximum absolute atomic E-state index is 11.3. The Kier molecular flexibility index (Phi) is 5.36. The number of benzene rings is 1. The van der Waals surface area contributed by atoms with Crippen molar-refractivity contribution in [3.8, 4) is 0 Å². The second-order valence-electron chi connectivity index (χ2n) is 5.12. The molecule has 4 heteroatoms. The quantitative estimate of drug-likeness (QED) is 0.819. The largest absolute Gasteiger partial charge is 0.480 e. The SMILES string of the molecule is O=C(O)[C@H](Cc1ccccc1)NCN1CCCCC1. The Labute approximate surface area is 114 Å². The highest BCUT2D eigenvalue weighted by Gasteiger charge is 2.19. The van der Waals surface area contributed by atoms with Gasteiger partial charge < -0.3 is 5.11 Å². The Hall–Kier alpha value is -1.39. The first-order chi connectivity index (χ1) is 9.25. The molecule has 0 aromatic heterocycles. The third kappa shape index (κ3) is 4.65. The molecule has 0 bridgehead atoms. The molecule has 1 fully saturated rings. The third-order valence-electron chi connectivity index (χ3n) is 3.59. The van der Waals surface area contributed by atoms with Crippen molar-refractivity contribution in [3.05, 3.63) is 35.9 Å². The molecule has 1 aliphatic heterocycles. The minimum absolute atomic E-state index is 0.510. The minimum Gasteiger partial charge on any atom is -0.480 e. The van der Waals surface area contributed by atoms with Crippen LogP contribution in [-0.2, 0) is 11.2 Å². The van der Waals surface area contributed by atoms with Gasteiger partial charge in [0.1, 0.15) is 6.04 Å². The molecule has 0 spiro atoms. The van der Waals surface area contributed by atoms with E-state index in [1.807, 2.05) is 30.3 Å². The van der Waals surface area contributed by atoms with Crippen LogP contribution in [0.4, 0.5) is 0 Å². The standard InChI is InChI=1S/C15H22N2O2/c18-15(19)14(11-13-7-3-1-4-8-13)16-12-17-9-5-2-6-10-17/h1,3-4,7-8,14,16H,2,5-6,9-12H2,(H,18,19)/t14-/m0/s1. The number of aliphatic carboxylic acids is 1. The van der Waals surface area contributed by atoms with Crippen LogP contribution in [-0.4, -0.2) is 41.8 Å². The van der Waals surface area contributed by atoms with E-state index < -0.39 is 12.0 Å². The molecule has 2 N–H and O–H groups in total. The summed E-state index contributed by atoms with van der Waals surface area (Å²) in [6.07, 6.45) is 4.27. The van der Waals surface area contributed by atoms with E-state index in [0.29, 0.717) is 13.1 Å². The predicted molar refractivity (Wildman–Crippen MR) is 75.0 cm³/mol. The maximum Gasteiger partial charge on any atom is 0.321 e. The van der Waals surface area contributed by atoms with Gasteiger partial charge in [0.25, 0.3) is 0 Å². The van der Waals surface area contributed by atoms with Crippen LogP contribution in [0.1, 0.15) is 24.8 Å². The number of carboxylic acid groups (broad SMARTS) is 1. The monoisotopic (exact) mass is 262 g/mol. The molecule has 0 amide bonds. The number of piperidine rings is 1. The molecule has 104 valence electrons. The topological polar surface area (TPSA) is 52.6 Å². The van der Waals surface area contributed by atoms with Gasteiger partial charge in [-0.05, 0) is 37.9 Å². The second kappa shape index (κ2) is 7.26. The van der Waals surface area contributed by atoms with Gasteiger partial charge >= 0.3 is 5.97 Å². The minimum atomic E-state index is -0.777. The van der Waals surface area contributed by atoms with Crippen LogP contribution in [0.2, 0.25) is 0 Å². The van der Waals surface area contributed by atoms with Crippen molar-refractivity contribution in [2.45, 2.75) is 31.7 Å². The number of nitrogens with zero attached hydrogens (tertiary/aromatic N) is 1. The van der Waals surface area contributed by atoms with Crippen molar-refractivity contribution in [2.75, 3.05) is 19.8 Å². The van der Waals surface area contributed by atoms with E-state index in [1.165, 1.54) is 19.3 Å². The molecule has 2 rings (SSSR count). The Bertz CT molecular complexity index is 388. The first kappa shape index (κ1) is 14.0. The van der Waals surface area contributed by atoms with Crippen molar-refractivity contribution in [1.82, 2.24) is 10.2 Å². The smallest absolute Gasteiger partial charge is 0.321 e. The first-order valence-corrected chi connectivity index (χ1v) is 6.98. The summed E-state index contributed by atoms with van der Waals surface area (Å²) < 4.78 is 0. The summed E-state index contributed by atoms with van der Waals surface area (Å²) in [5.74, 6) is -0.777. The number of carboxylic acids is 1. The van der Waals surface area contributed by atoms with Crippen LogP contribution in [0, 0.1) is 0 Å². The molecule has 0 radical (unpaired) electrons. The molecule has 0 unspecified atom stereocenters. The number of rotatable bonds is 6. The summed E-state index contributed by atoms with van der Waals surface area (Å²) in [5.41, 5.74) is 1.06. The van der Waals surface area contributed by atoms with Gasteiger partial charge in [-0.2, -0.15) is 0 Å². The lowest BCUT2D eigenvalue weighted by atomic mass is 10.1. The van der Waals surface area contributed by atoms with E-state index >= 15 is 0 Å². The Morgan fingerprint density at radius 2 is 1.89 bits per heavy atom. The van der Waals surface area contributed by atoms with Gasteiger partial charge in [-0.25, -0.2) is 0 Å². The van der Waals surface area contributed by atoms with E-state index in [0.717, 1.165) is 18.7 Å². The van der Waals surface area contributed by atoms with E-state index in [4.69, 9.17) is 0 Å². The van der Waals surface area contributed by atoms with Crippen LogP contribution in [0.3, 0.4) is 0 Å². The second-order valence-corrected chi connectivity index (χ2v) is 5.12. The van der Waals surface area contributed by atoms with E-state index in [2.05, 4.69) is 10.2 Å². The normalized spacial score (nSPS) is 18.1. The fraction of sp³-hybridized carbons (Fsp3) is 0.533. The lowest BCUT2D eigenvalue weighted by molar-refractivity contribution is -0.139. The average molecular weight is 262 g/mol. The predicted octanol–water partition coefficient (Wildman–Crippen LogP) is 1.72. The molecular weight excluding hydrogens is 240 g/mol. The van der Waals surface area contributed by atoms with E-state index in [9.17, 15) is 9.90 Å². The molecule has 1 aromatic rings. The summed E-state index contributed by atoms with van der Waals surface area (Å²) in [7, 11) is 0. The van der Waals surface area contributed by atoms with Crippen LogP contribution < -0.4 is 5.32 Å². The molecule has 1 saturated heterocycles. The number of hydrogen-bond donors (Lipinski definition) is 2. The first-order valence-electron chi connectivity index (χ1n) is 6.98. The van der Waals surface area contributed by atoms with Crippen molar-refractivity contribution in [3.63, 3.8) is 0 Å². The van der Waals surface area contributed by atoms with Crippen molar-refractivity contribution in [1.29, 1.82) is 0 Å². The van der Waals surface area contributed by atoms with Crippen molar-refractivity contribution < 1.29 is 9.90 Å². The molecule has 0 aliphatic carbocycles. The zero-order valence-electron chi connectivity index (χ0n) is 11.2. The molecule has 1 atom stereocenters. The summed E-state index contributed by atoms with van der Waals surface area (Å²) >= 11 is 0. The lowest BCUT2D eigenvalue weighted by Gasteiger charge is -2.28. The zero-order valence-corrected chi connectivity index (χ0v) is 11.2. The number of hydrogen-bond acceptors (Lipinski definition) is 3. The summed E-state index contributed by atoms with van der Waals surface area (Å²) in [6, 6.07) is 9.26. The van der Waals surface area contributed by atoms with Gasteiger partial charge in [-0.1, -0.05) is 36.8 Å². The van der Waals surface area contributed by atoms with Gasteiger partial charge in [0.2, 0.25) is 0 Å². The Morgan fingerprint density at radius 1 is 1.21 bits per heavy atom. The van der Waals surface area contributed by atoms with Crippen molar-refractivity contribution >= 4 is 5.97 Å². The number of likely N-dealkylation sites (tertiary alicyclic amines) is 1. The number of carbonyl (C=O) groups is 1. The molecular formula is C15H22N2O2. The van der Waals surface area contributed by atoms with Crippen LogP contribution >= 0.6 is 0 Å². The van der Waals surface area contributed by atoms with Gasteiger partial charge in [0.15, 0.2) is 0 Å². The van der Waals surface area contributed by atoms with Gasteiger partial charge in [0, 0.05) is 6.67 Å². The maximum atomic E-state index is 11.3. The fourth-order valence-electron chi connectivity index (χ4n) is 2.45. The Morgan fingerprint density at radius 3 is 2.53 bits per heavy atom. The van der Waals surface area contributed by atoms with E-state index in [-0.39, 0.29) is 0 Å². The average Bonchev–Trinajstić information content (AvgIpc) is 2.45. The van der Waals surface area contributed by atoms with Crippen LogP contribution in [0.5, 0.6) is 0 Å². The van der Waals surface area contributed by atoms with E-state index in [1.54, 1.807) is 0 Å².